The van der Waals surface area contributed by atoms with E-state index in [9.17, 15) is 4.79 Å². The van der Waals surface area contributed by atoms with Crippen molar-refractivity contribution in [2.24, 2.45) is 0 Å². The molecule has 5 rings (SSSR count). The van der Waals surface area contributed by atoms with Crippen molar-refractivity contribution in [1.82, 2.24) is 24.7 Å². The zero-order chi connectivity index (χ0) is 19.1. The summed E-state index contributed by atoms with van der Waals surface area (Å²) in [4.78, 5) is 20.7. The third-order valence-electron chi connectivity index (χ3n) is 5.00. The number of H-pyrrole nitrogens is 1. The minimum Gasteiger partial charge on any atom is -0.301 e. The zero-order valence-corrected chi connectivity index (χ0v) is 15.3. The fourth-order valence-electron chi connectivity index (χ4n) is 3.54. The Morgan fingerprint density at radius 3 is 2.82 bits per heavy atom. The maximum atomic E-state index is 12.4. The lowest BCUT2D eigenvalue weighted by molar-refractivity contribution is 0.786. The Balaban J connectivity index is 1.56. The van der Waals surface area contributed by atoms with Crippen LogP contribution in [0.5, 0.6) is 0 Å². The van der Waals surface area contributed by atoms with Crippen molar-refractivity contribution < 1.29 is 0 Å². The molecule has 136 valence electrons. The summed E-state index contributed by atoms with van der Waals surface area (Å²) in [6.07, 6.45) is 4.70. The molecule has 3 aromatic heterocycles. The molecule has 6 heteroatoms. The molecule has 5 aromatic rings. The van der Waals surface area contributed by atoms with Gasteiger partial charge in [0.25, 0.3) is 5.56 Å². The molecule has 3 heterocycles. The number of nitrogens with one attached hydrogen (secondary N) is 1. The van der Waals surface area contributed by atoms with Gasteiger partial charge in [0.15, 0.2) is 0 Å². The number of aromatic nitrogens is 5. The van der Waals surface area contributed by atoms with Gasteiger partial charge in [-0.2, -0.15) is 5.10 Å². The molecule has 0 aliphatic rings. The number of benzene rings is 2. The zero-order valence-electron chi connectivity index (χ0n) is 15.3. The fraction of sp³-hybridized carbons (Fsp3) is 0.0909. The van der Waals surface area contributed by atoms with E-state index in [0.29, 0.717) is 12.1 Å². The van der Waals surface area contributed by atoms with Crippen molar-refractivity contribution >= 4 is 21.9 Å². The van der Waals surface area contributed by atoms with E-state index in [1.165, 1.54) is 6.20 Å². The van der Waals surface area contributed by atoms with Crippen LogP contribution in [0.15, 0.2) is 71.9 Å². The van der Waals surface area contributed by atoms with Crippen molar-refractivity contribution in [3.8, 4) is 11.1 Å². The Hall–Kier alpha value is -3.80. The maximum absolute atomic E-state index is 12.4. The third kappa shape index (κ3) is 2.75. The number of pyridine rings is 1. The summed E-state index contributed by atoms with van der Waals surface area (Å²) in [6, 6.07) is 16.3. The van der Waals surface area contributed by atoms with Gasteiger partial charge in [-0.1, -0.05) is 30.3 Å². The quantitative estimate of drug-likeness (QED) is 0.528. The molecule has 0 unspecified atom stereocenters. The summed E-state index contributed by atoms with van der Waals surface area (Å²) >= 11 is 0. The summed E-state index contributed by atoms with van der Waals surface area (Å²) in [7, 11) is 0. The second kappa shape index (κ2) is 6.42. The van der Waals surface area contributed by atoms with Crippen molar-refractivity contribution in [2.75, 3.05) is 0 Å². The molecule has 0 saturated carbocycles. The van der Waals surface area contributed by atoms with Crippen molar-refractivity contribution in [1.29, 1.82) is 0 Å². The van der Waals surface area contributed by atoms with Crippen LogP contribution in [0.25, 0.3) is 33.1 Å². The van der Waals surface area contributed by atoms with Gasteiger partial charge in [0, 0.05) is 17.3 Å². The summed E-state index contributed by atoms with van der Waals surface area (Å²) in [5, 5.41) is 8.51. The molecule has 0 atom stereocenters. The molecule has 0 radical (unpaired) electrons. The van der Waals surface area contributed by atoms with Crippen LogP contribution in [-0.4, -0.2) is 24.7 Å². The number of rotatable bonds is 3. The lowest BCUT2D eigenvalue weighted by atomic mass is 10.0. The van der Waals surface area contributed by atoms with Crippen molar-refractivity contribution in [3.63, 3.8) is 0 Å². The topological polar surface area (TPSA) is 76.5 Å². The number of nitrogens with zero attached hydrogens (tertiary/aromatic N) is 4. The van der Waals surface area contributed by atoms with Gasteiger partial charge in [0.2, 0.25) is 0 Å². The predicted molar refractivity (Wildman–Crippen MR) is 109 cm³/mol. The first-order valence-corrected chi connectivity index (χ1v) is 9.03. The second-order valence-electron chi connectivity index (χ2n) is 6.83. The molecule has 0 fully saturated rings. The fourth-order valence-corrected chi connectivity index (χ4v) is 3.54. The molecule has 6 nitrogen and oxygen atoms in total. The van der Waals surface area contributed by atoms with Gasteiger partial charge < -0.3 is 4.57 Å². The predicted octanol–water partition coefficient (Wildman–Crippen LogP) is 3.69. The van der Waals surface area contributed by atoms with Crippen LogP contribution in [-0.2, 0) is 6.54 Å². The van der Waals surface area contributed by atoms with E-state index in [1.54, 1.807) is 17.0 Å². The van der Waals surface area contributed by atoms with Crippen LogP contribution in [0.1, 0.15) is 11.3 Å². The van der Waals surface area contributed by atoms with E-state index in [4.69, 9.17) is 0 Å². The monoisotopic (exact) mass is 367 g/mol. The standard InChI is InChI=1S/C22H17N5O/c1-14-18-6-5-17(10-19(18)26-25-14)16-4-2-3-15(9-16)13-27-21-7-8-23-11-20(21)24-12-22(27)28/h2-12H,13H2,1H3,(H,25,26). The normalized spacial score (nSPS) is 11.3. The molecule has 0 saturated heterocycles. The SMILES string of the molecule is Cc1[nH]nc2cc(-c3cccc(Cn4c(=O)cnc5cnccc54)c3)ccc12. The first kappa shape index (κ1) is 16.4. The summed E-state index contributed by atoms with van der Waals surface area (Å²) < 4.78 is 1.73. The van der Waals surface area contributed by atoms with Gasteiger partial charge in [-0.3, -0.25) is 14.9 Å². The average Bonchev–Trinajstić information content (AvgIpc) is 3.11. The van der Waals surface area contributed by atoms with E-state index in [2.05, 4.69) is 50.5 Å². The highest BCUT2D eigenvalue weighted by molar-refractivity contribution is 5.86. The Morgan fingerprint density at radius 2 is 1.89 bits per heavy atom. The maximum Gasteiger partial charge on any atom is 0.269 e. The first-order chi connectivity index (χ1) is 13.7. The minimum absolute atomic E-state index is 0.127. The molecule has 0 spiro atoms. The number of aromatic amines is 1. The molecular weight excluding hydrogens is 350 g/mol. The highest BCUT2D eigenvalue weighted by atomic mass is 16.1. The molecule has 28 heavy (non-hydrogen) atoms. The molecule has 0 aliphatic heterocycles. The van der Waals surface area contributed by atoms with Crippen LogP contribution in [0.4, 0.5) is 0 Å². The Kier molecular flexibility index (Phi) is 3.76. The third-order valence-corrected chi connectivity index (χ3v) is 5.00. The van der Waals surface area contributed by atoms with E-state index in [-0.39, 0.29) is 5.56 Å². The Morgan fingerprint density at radius 1 is 1.00 bits per heavy atom. The average molecular weight is 367 g/mol. The highest BCUT2D eigenvalue weighted by Gasteiger charge is 2.08. The second-order valence-corrected chi connectivity index (χ2v) is 6.83. The van der Waals surface area contributed by atoms with Crippen molar-refractivity contribution in [3.05, 3.63) is 88.7 Å². The molecule has 0 amide bonds. The smallest absolute Gasteiger partial charge is 0.269 e. The van der Waals surface area contributed by atoms with E-state index >= 15 is 0 Å². The van der Waals surface area contributed by atoms with E-state index in [0.717, 1.165) is 38.8 Å². The van der Waals surface area contributed by atoms with E-state index in [1.807, 2.05) is 25.1 Å². The number of hydrogen-bond acceptors (Lipinski definition) is 4. The molecule has 0 aliphatic carbocycles. The number of hydrogen-bond donors (Lipinski definition) is 1. The van der Waals surface area contributed by atoms with Gasteiger partial charge in [0.1, 0.15) is 5.52 Å². The Bertz CT molecular complexity index is 1380. The molecule has 1 N–H and O–H groups in total. The lowest BCUT2D eigenvalue weighted by Gasteiger charge is -2.11. The summed E-state index contributed by atoms with van der Waals surface area (Å²) in [5.74, 6) is 0. The first-order valence-electron chi connectivity index (χ1n) is 9.03. The number of fused-ring (bicyclic) bond motifs is 2. The largest absolute Gasteiger partial charge is 0.301 e. The van der Waals surface area contributed by atoms with Crippen molar-refractivity contribution in [2.45, 2.75) is 13.5 Å². The number of aryl methyl sites for hydroxylation is 1. The van der Waals surface area contributed by atoms with Crippen LogP contribution >= 0.6 is 0 Å². The summed E-state index contributed by atoms with van der Waals surface area (Å²) in [6.45, 7) is 2.49. The van der Waals surface area contributed by atoms with Crippen LogP contribution in [0.2, 0.25) is 0 Å². The van der Waals surface area contributed by atoms with Gasteiger partial charge in [0.05, 0.1) is 30.0 Å². The van der Waals surface area contributed by atoms with Crippen LogP contribution < -0.4 is 5.56 Å². The van der Waals surface area contributed by atoms with Crippen LogP contribution in [0.3, 0.4) is 0 Å². The lowest BCUT2D eigenvalue weighted by Crippen LogP contribution is -2.21. The minimum atomic E-state index is -0.127. The molecule has 2 aromatic carbocycles. The highest BCUT2D eigenvalue weighted by Crippen LogP contribution is 2.25. The van der Waals surface area contributed by atoms with E-state index < -0.39 is 0 Å². The van der Waals surface area contributed by atoms with Gasteiger partial charge in [-0.05, 0) is 41.8 Å². The Labute approximate surface area is 160 Å². The van der Waals surface area contributed by atoms with Gasteiger partial charge in [-0.15, -0.1) is 0 Å². The molecular formula is C22H17N5O. The molecule has 0 bridgehead atoms. The summed E-state index contributed by atoms with van der Waals surface area (Å²) in [5.41, 5.74) is 6.60. The van der Waals surface area contributed by atoms with Gasteiger partial charge in [-0.25, -0.2) is 4.98 Å². The van der Waals surface area contributed by atoms with Gasteiger partial charge >= 0.3 is 0 Å². The van der Waals surface area contributed by atoms with Crippen LogP contribution in [0, 0.1) is 6.92 Å².